The number of benzene rings is 2. The smallest absolute Gasteiger partial charge is 0.242 e. The molecule has 2 heterocycles. The molecule has 0 amide bonds. The Bertz CT molecular complexity index is 1150. The minimum atomic E-state index is -3.69. The number of fused-ring (bicyclic) bond motifs is 2. The van der Waals surface area contributed by atoms with Crippen molar-refractivity contribution in [1.82, 2.24) is 19.9 Å². The van der Waals surface area contributed by atoms with E-state index in [9.17, 15) is 8.42 Å². The van der Waals surface area contributed by atoms with E-state index in [4.69, 9.17) is 9.47 Å². The van der Waals surface area contributed by atoms with Gasteiger partial charge in [0.2, 0.25) is 10.0 Å². The van der Waals surface area contributed by atoms with Crippen LogP contribution in [0.2, 0.25) is 0 Å². The summed E-state index contributed by atoms with van der Waals surface area (Å²) in [6.45, 7) is 2.83. The summed E-state index contributed by atoms with van der Waals surface area (Å²) in [6.07, 6.45) is 1.61. The van der Waals surface area contributed by atoms with E-state index in [2.05, 4.69) is 24.6 Å². The molecule has 0 aliphatic carbocycles. The maximum atomic E-state index is 12.6. The lowest BCUT2D eigenvalue weighted by Gasteiger charge is -2.29. The average molecular weight is 433 g/mol. The fraction of sp³-hybridized carbons (Fsp3) is 0.400. The first-order chi connectivity index (χ1) is 14.5. The van der Waals surface area contributed by atoms with Gasteiger partial charge in [-0.3, -0.25) is 4.90 Å². The summed E-state index contributed by atoms with van der Waals surface area (Å²) < 4.78 is 43.3. The molecule has 1 aliphatic heterocycles. The highest BCUT2D eigenvalue weighted by molar-refractivity contribution is 7.89. The number of aromatic nitrogens is 2. The Hall–Kier alpha value is -2.69. The third-order valence-corrected chi connectivity index (χ3v) is 6.77. The van der Waals surface area contributed by atoms with E-state index in [0.29, 0.717) is 18.5 Å². The number of ether oxygens (including phenoxy) is 2. The highest BCUT2D eigenvalue weighted by Crippen LogP contribution is 2.33. The molecule has 0 spiro atoms. The molecular formula is C20H24N4O5S. The molecule has 0 saturated carbocycles. The van der Waals surface area contributed by atoms with Gasteiger partial charge in [0.25, 0.3) is 0 Å². The van der Waals surface area contributed by atoms with Gasteiger partial charge in [0.1, 0.15) is 10.4 Å². The zero-order valence-electron chi connectivity index (χ0n) is 16.9. The van der Waals surface area contributed by atoms with Gasteiger partial charge in [-0.1, -0.05) is 6.07 Å². The Morgan fingerprint density at radius 1 is 1.13 bits per heavy atom. The van der Waals surface area contributed by atoms with Crippen LogP contribution in [0.3, 0.4) is 0 Å². The van der Waals surface area contributed by atoms with Gasteiger partial charge in [-0.2, -0.15) is 0 Å². The van der Waals surface area contributed by atoms with Gasteiger partial charge >= 0.3 is 0 Å². The Morgan fingerprint density at radius 3 is 2.67 bits per heavy atom. The molecule has 9 nitrogen and oxygen atoms in total. The molecule has 2 aromatic carbocycles. The summed E-state index contributed by atoms with van der Waals surface area (Å²) >= 11 is 0. The molecular weight excluding hydrogens is 408 g/mol. The van der Waals surface area contributed by atoms with Crippen molar-refractivity contribution in [3.63, 3.8) is 0 Å². The molecule has 1 N–H and O–H groups in total. The van der Waals surface area contributed by atoms with Gasteiger partial charge in [-0.05, 0) is 65.1 Å². The highest BCUT2D eigenvalue weighted by atomic mass is 32.2. The minimum Gasteiger partial charge on any atom is -0.493 e. The second kappa shape index (κ2) is 8.58. The molecule has 0 radical (unpaired) electrons. The summed E-state index contributed by atoms with van der Waals surface area (Å²) in [5.74, 6) is 1.47. The van der Waals surface area contributed by atoms with E-state index < -0.39 is 10.0 Å². The van der Waals surface area contributed by atoms with Gasteiger partial charge < -0.3 is 9.47 Å². The van der Waals surface area contributed by atoms with Crippen molar-refractivity contribution in [3.8, 4) is 11.5 Å². The molecule has 160 valence electrons. The zero-order valence-corrected chi connectivity index (χ0v) is 17.7. The van der Waals surface area contributed by atoms with Crippen molar-refractivity contribution in [2.75, 3.05) is 33.9 Å². The van der Waals surface area contributed by atoms with E-state index in [1.165, 1.54) is 17.2 Å². The number of sulfonamides is 1. The first-order valence-electron chi connectivity index (χ1n) is 9.69. The number of nitrogens with one attached hydrogen (secondary N) is 1. The van der Waals surface area contributed by atoms with Crippen LogP contribution in [0.15, 0.2) is 39.9 Å². The normalized spacial score (nSPS) is 14.6. The van der Waals surface area contributed by atoms with Crippen LogP contribution in [-0.4, -0.2) is 57.5 Å². The van der Waals surface area contributed by atoms with Crippen LogP contribution in [0.4, 0.5) is 0 Å². The molecule has 0 fully saturated rings. The van der Waals surface area contributed by atoms with Crippen LogP contribution in [-0.2, 0) is 23.0 Å². The number of rotatable bonds is 8. The van der Waals surface area contributed by atoms with Gasteiger partial charge in [-0.25, -0.2) is 17.8 Å². The van der Waals surface area contributed by atoms with Crippen molar-refractivity contribution in [3.05, 3.63) is 41.5 Å². The Kier molecular flexibility index (Phi) is 5.89. The van der Waals surface area contributed by atoms with Crippen LogP contribution >= 0.6 is 0 Å². The molecule has 0 bridgehead atoms. The molecule has 0 atom stereocenters. The topological polar surface area (TPSA) is 107 Å². The van der Waals surface area contributed by atoms with E-state index in [0.717, 1.165) is 37.6 Å². The number of hydrogen-bond acceptors (Lipinski definition) is 8. The van der Waals surface area contributed by atoms with E-state index >= 15 is 0 Å². The largest absolute Gasteiger partial charge is 0.493 e. The summed E-state index contributed by atoms with van der Waals surface area (Å²) in [5, 5.41) is 7.39. The molecule has 0 saturated heterocycles. The quantitative estimate of drug-likeness (QED) is 0.539. The Morgan fingerprint density at radius 2 is 1.90 bits per heavy atom. The third-order valence-electron chi connectivity index (χ3n) is 5.28. The van der Waals surface area contributed by atoms with Gasteiger partial charge in [0.05, 0.1) is 14.2 Å². The second-order valence-corrected chi connectivity index (χ2v) is 8.88. The number of methoxy groups -OCH3 is 2. The molecule has 30 heavy (non-hydrogen) atoms. The fourth-order valence-electron chi connectivity index (χ4n) is 3.72. The van der Waals surface area contributed by atoms with Crippen LogP contribution in [0.5, 0.6) is 11.5 Å². The van der Waals surface area contributed by atoms with Crippen LogP contribution in [0, 0.1) is 0 Å². The fourth-order valence-corrected chi connectivity index (χ4v) is 4.94. The van der Waals surface area contributed by atoms with E-state index in [1.54, 1.807) is 26.4 Å². The second-order valence-electron chi connectivity index (χ2n) is 7.14. The summed E-state index contributed by atoms with van der Waals surface area (Å²) in [5.41, 5.74) is 3.13. The van der Waals surface area contributed by atoms with Crippen molar-refractivity contribution in [1.29, 1.82) is 0 Å². The summed E-state index contributed by atoms with van der Waals surface area (Å²) in [7, 11) is -0.416. The molecule has 0 unspecified atom stereocenters. The van der Waals surface area contributed by atoms with Crippen molar-refractivity contribution in [2.24, 2.45) is 0 Å². The Labute approximate surface area is 175 Å². The molecule has 3 aromatic rings. The lowest BCUT2D eigenvalue weighted by molar-refractivity contribution is 0.250. The number of hydrogen-bond donors (Lipinski definition) is 1. The summed E-state index contributed by atoms with van der Waals surface area (Å²) in [4.78, 5) is 2.39. The monoisotopic (exact) mass is 432 g/mol. The molecule has 1 aliphatic rings. The Balaban J connectivity index is 1.34. The van der Waals surface area contributed by atoms with E-state index in [-0.39, 0.29) is 10.4 Å². The maximum Gasteiger partial charge on any atom is 0.242 e. The van der Waals surface area contributed by atoms with Crippen LogP contribution in [0.25, 0.3) is 11.0 Å². The standard InChI is InChI=1S/C20H24N4O5S/c1-27-17-11-14-7-10-24(13-15(14)12-18(17)28-2)9-4-8-21-30(25,26)19-6-3-5-16-20(19)23-29-22-16/h3,5-6,11-12,21H,4,7-10,13H2,1-2H3. The predicted molar refractivity (Wildman–Crippen MR) is 110 cm³/mol. The van der Waals surface area contributed by atoms with Gasteiger partial charge in [-0.15, -0.1) is 0 Å². The molecule has 4 rings (SSSR count). The van der Waals surface area contributed by atoms with Crippen molar-refractivity contribution >= 4 is 21.1 Å². The van der Waals surface area contributed by atoms with Crippen molar-refractivity contribution < 1.29 is 22.5 Å². The van der Waals surface area contributed by atoms with Gasteiger partial charge in [0, 0.05) is 19.6 Å². The third kappa shape index (κ3) is 4.11. The molecule has 10 heteroatoms. The lowest BCUT2D eigenvalue weighted by Crippen LogP contribution is -2.33. The van der Waals surface area contributed by atoms with E-state index in [1.807, 2.05) is 12.1 Å². The first-order valence-corrected chi connectivity index (χ1v) is 11.2. The average Bonchev–Trinajstić information content (AvgIpc) is 3.24. The zero-order chi connectivity index (χ0) is 21.1. The van der Waals surface area contributed by atoms with Crippen LogP contribution < -0.4 is 14.2 Å². The maximum absolute atomic E-state index is 12.6. The SMILES string of the molecule is COc1cc2c(cc1OC)CN(CCCNS(=O)(=O)c1cccc3nonc13)CC2. The predicted octanol–water partition coefficient (Wildman–Crippen LogP) is 1.97. The lowest BCUT2D eigenvalue weighted by atomic mass is 9.98. The first kappa shape index (κ1) is 20.6. The van der Waals surface area contributed by atoms with Crippen LogP contribution in [0.1, 0.15) is 17.5 Å². The molecule has 1 aromatic heterocycles. The van der Waals surface area contributed by atoms with Gasteiger partial charge in [0.15, 0.2) is 17.0 Å². The minimum absolute atomic E-state index is 0.0780. The highest BCUT2D eigenvalue weighted by Gasteiger charge is 2.21. The summed E-state index contributed by atoms with van der Waals surface area (Å²) in [6, 6.07) is 8.84. The number of nitrogens with zero attached hydrogens (tertiary/aromatic N) is 3. The van der Waals surface area contributed by atoms with Crippen molar-refractivity contribution in [2.45, 2.75) is 24.3 Å².